The Labute approximate surface area is 124 Å². The molecule has 0 saturated heterocycles. The van der Waals surface area contributed by atoms with Gasteiger partial charge in [0.15, 0.2) is 5.82 Å². The van der Waals surface area contributed by atoms with Crippen molar-refractivity contribution >= 4 is 6.03 Å². The monoisotopic (exact) mass is 288 g/mol. The molecule has 6 nitrogen and oxygen atoms in total. The average Bonchev–Trinajstić information content (AvgIpc) is 2.91. The molecule has 21 heavy (non-hydrogen) atoms. The van der Waals surface area contributed by atoms with Gasteiger partial charge in [-0.3, -0.25) is 0 Å². The number of amides is 2. The molecular formula is C15H20N4O2. The minimum absolute atomic E-state index is 0.0337. The fourth-order valence-electron chi connectivity index (χ4n) is 1.93. The fourth-order valence-corrected chi connectivity index (χ4v) is 1.93. The first kappa shape index (κ1) is 15.0. The van der Waals surface area contributed by atoms with Gasteiger partial charge in [-0.15, -0.1) is 0 Å². The number of likely N-dealkylation sites (N-methyl/N-ethyl adjacent to an activating group) is 1. The summed E-state index contributed by atoms with van der Waals surface area (Å²) in [7, 11) is 1.75. The molecule has 1 N–H and O–H groups in total. The molecule has 0 unspecified atom stereocenters. The molecule has 0 saturated carbocycles. The average molecular weight is 288 g/mol. The lowest BCUT2D eigenvalue weighted by molar-refractivity contribution is 0.205. The normalized spacial score (nSPS) is 12.0. The van der Waals surface area contributed by atoms with Crippen molar-refractivity contribution < 1.29 is 9.32 Å². The van der Waals surface area contributed by atoms with E-state index in [0.717, 1.165) is 5.56 Å². The van der Waals surface area contributed by atoms with Gasteiger partial charge in [-0.2, -0.15) is 4.98 Å². The van der Waals surface area contributed by atoms with E-state index in [4.69, 9.17) is 4.52 Å². The van der Waals surface area contributed by atoms with E-state index < -0.39 is 0 Å². The number of aromatic nitrogens is 2. The number of rotatable bonds is 5. The Balaban J connectivity index is 1.82. The summed E-state index contributed by atoms with van der Waals surface area (Å²) < 4.78 is 4.90. The lowest BCUT2D eigenvalue weighted by atomic mass is 10.1. The van der Waals surface area contributed by atoms with Crippen molar-refractivity contribution in [3.63, 3.8) is 0 Å². The molecule has 0 aliphatic heterocycles. The molecule has 1 aromatic carbocycles. The molecule has 2 amide bonds. The van der Waals surface area contributed by atoms with Crippen LogP contribution in [0.2, 0.25) is 0 Å². The lowest BCUT2D eigenvalue weighted by Gasteiger charge is -2.21. The van der Waals surface area contributed by atoms with Gasteiger partial charge in [0.25, 0.3) is 0 Å². The molecule has 0 aliphatic carbocycles. The maximum Gasteiger partial charge on any atom is 0.317 e. The third kappa shape index (κ3) is 4.30. The smallest absolute Gasteiger partial charge is 0.317 e. The van der Waals surface area contributed by atoms with Crippen LogP contribution in [0.15, 0.2) is 34.9 Å². The Hall–Kier alpha value is -2.37. The van der Waals surface area contributed by atoms with Crippen LogP contribution < -0.4 is 5.32 Å². The van der Waals surface area contributed by atoms with Gasteiger partial charge in [-0.1, -0.05) is 35.5 Å². The minimum Gasteiger partial charge on any atom is -0.340 e. The Morgan fingerprint density at radius 1 is 1.38 bits per heavy atom. The van der Waals surface area contributed by atoms with Gasteiger partial charge in [0, 0.05) is 26.9 Å². The highest BCUT2D eigenvalue weighted by Crippen LogP contribution is 2.11. The van der Waals surface area contributed by atoms with Gasteiger partial charge < -0.3 is 14.7 Å². The van der Waals surface area contributed by atoms with Crippen LogP contribution in [0.3, 0.4) is 0 Å². The zero-order valence-electron chi connectivity index (χ0n) is 12.5. The summed E-state index contributed by atoms with van der Waals surface area (Å²) in [6.45, 7) is 4.24. The number of hydrogen-bond acceptors (Lipinski definition) is 4. The third-order valence-corrected chi connectivity index (χ3v) is 3.23. The molecule has 2 aromatic rings. The molecular weight excluding hydrogens is 268 g/mol. The first-order valence-electron chi connectivity index (χ1n) is 6.92. The molecule has 0 bridgehead atoms. The van der Waals surface area contributed by atoms with Crippen molar-refractivity contribution in [3.05, 3.63) is 47.6 Å². The van der Waals surface area contributed by atoms with Crippen LogP contribution in [0.5, 0.6) is 0 Å². The van der Waals surface area contributed by atoms with Crippen molar-refractivity contribution in [1.29, 1.82) is 0 Å². The summed E-state index contributed by atoms with van der Waals surface area (Å²) in [5.41, 5.74) is 1.08. The van der Waals surface area contributed by atoms with Gasteiger partial charge in [-0.05, 0) is 12.5 Å². The highest BCUT2D eigenvalue weighted by atomic mass is 16.5. The number of carbonyl (C=O) groups excluding carboxylic acids is 1. The van der Waals surface area contributed by atoms with Crippen LogP contribution >= 0.6 is 0 Å². The van der Waals surface area contributed by atoms with Crippen LogP contribution in [0.1, 0.15) is 30.2 Å². The highest BCUT2D eigenvalue weighted by molar-refractivity contribution is 5.74. The molecule has 0 spiro atoms. The number of carbonyl (C=O) groups is 1. The third-order valence-electron chi connectivity index (χ3n) is 3.23. The van der Waals surface area contributed by atoms with E-state index >= 15 is 0 Å². The topological polar surface area (TPSA) is 71.3 Å². The number of nitrogens with one attached hydrogen (secondary N) is 1. The van der Waals surface area contributed by atoms with Gasteiger partial charge in [0.1, 0.15) is 0 Å². The minimum atomic E-state index is -0.119. The summed E-state index contributed by atoms with van der Waals surface area (Å²) >= 11 is 0. The van der Waals surface area contributed by atoms with Gasteiger partial charge >= 0.3 is 6.03 Å². The first-order valence-corrected chi connectivity index (χ1v) is 6.92. The second-order valence-electron chi connectivity index (χ2n) is 4.98. The van der Waals surface area contributed by atoms with Gasteiger partial charge in [0.05, 0.1) is 6.04 Å². The van der Waals surface area contributed by atoms with Gasteiger partial charge in [0.2, 0.25) is 5.89 Å². The van der Waals surface area contributed by atoms with Crippen molar-refractivity contribution in [2.75, 3.05) is 13.6 Å². The van der Waals surface area contributed by atoms with E-state index in [2.05, 4.69) is 15.5 Å². The van der Waals surface area contributed by atoms with Crippen molar-refractivity contribution in [1.82, 2.24) is 20.4 Å². The van der Waals surface area contributed by atoms with Crippen molar-refractivity contribution in [2.24, 2.45) is 0 Å². The zero-order chi connectivity index (χ0) is 15.2. The summed E-state index contributed by atoms with van der Waals surface area (Å²) in [4.78, 5) is 17.8. The maximum atomic E-state index is 12.1. The largest absolute Gasteiger partial charge is 0.340 e. The Morgan fingerprint density at radius 2 is 2.10 bits per heavy atom. The molecule has 0 aliphatic rings. The van der Waals surface area contributed by atoms with E-state index in [-0.39, 0.29) is 12.1 Å². The molecule has 1 heterocycles. The quantitative estimate of drug-likeness (QED) is 0.916. The van der Waals surface area contributed by atoms with E-state index in [0.29, 0.717) is 24.7 Å². The van der Waals surface area contributed by atoms with E-state index in [1.54, 1.807) is 18.9 Å². The number of aryl methyl sites for hydroxylation is 1. The van der Waals surface area contributed by atoms with E-state index in [1.807, 2.05) is 37.3 Å². The summed E-state index contributed by atoms with van der Waals surface area (Å²) in [6, 6.07) is 9.71. The number of benzene rings is 1. The second-order valence-corrected chi connectivity index (χ2v) is 4.98. The molecule has 6 heteroatoms. The lowest BCUT2D eigenvalue weighted by Crippen LogP contribution is -2.39. The Bertz CT molecular complexity index is 582. The predicted octanol–water partition coefficient (Wildman–Crippen LogP) is 2.32. The van der Waals surface area contributed by atoms with Crippen LogP contribution in [-0.4, -0.2) is 34.7 Å². The van der Waals surface area contributed by atoms with Crippen molar-refractivity contribution in [3.8, 4) is 0 Å². The maximum absolute atomic E-state index is 12.1. The zero-order valence-corrected chi connectivity index (χ0v) is 12.5. The standard InChI is InChI=1S/C15H20N4O2/c1-11(13-7-5-4-6-8-13)16-15(20)19(3)10-9-14-17-12(2)21-18-14/h4-8,11H,9-10H2,1-3H3,(H,16,20)/t11-/m1/s1. The predicted molar refractivity (Wildman–Crippen MR) is 78.8 cm³/mol. The molecule has 1 aromatic heterocycles. The number of hydrogen-bond donors (Lipinski definition) is 1. The van der Waals surface area contributed by atoms with E-state index in [9.17, 15) is 4.79 Å². The number of urea groups is 1. The molecule has 0 radical (unpaired) electrons. The summed E-state index contributed by atoms with van der Waals surface area (Å²) in [6.07, 6.45) is 0.570. The Kier molecular flexibility index (Phi) is 4.92. The molecule has 2 rings (SSSR count). The SMILES string of the molecule is Cc1nc(CCN(C)C(=O)N[C@H](C)c2ccccc2)no1. The molecule has 0 fully saturated rings. The van der Waals surface area contributed by atoms with Crippen LogP contribution in [0.4, 0.5) is 4.79 Å². The van der Waals surface area contributed by atoms with Crippen LogP contribution in [0, 0.1) is 6.92 Å². The fraction of sp³-hybridized carbons (Fsp3) is 0.400. The summed E-state index contributed by atoms with van der Waals surface area (Å²) in [5, 5.41) is 6.77. The molecule has 112 valence electrons. The highest BCUT2D eigenvalue weighted by Gasteiger charge is 2.14. The number of nitrogens with zero attached hydrogens (tertiary/aromatic N) is 3. The summed E-state index contributed by atoms with van der Waals surface area (Å²) in [5.74, 6) is 1.15. The van der Waals surface area contributed by atoms with Crippen LogP contribution in [-0.2, 0) is 6.42 Å². The van der Waals surface area contributed by atoms with Crippen LogP contribution in [0.25, 0.3) is 0 Å². The van der Waals surface area contributed by atoms with E-state index in [1.165, 1.54) is 0 Å². The second kappa shape index (κ2) is 6.88. The molecule has 1 atom stereocenters. The van der Waals surface area contributed by atoms with Crippen molar-refractivity contribution in [2.45, 2.75) is 26.3 Å². The van der Waals surface area contributed by atoms with Gasteiger partial charge in [-0.25, -0.2) is 4.79 Å². The Morgan fingerprint density at radius 3 is 2.71 bits per heavy atom. The first-order chi connectivity index (χ1) is 10.1.